The fraction of sp³-hybridized carbons (Fsp3) is 0.188. The largest absolute Gasteiger partial charge is 0.374 e. The Morgan fingerprint density at radius 1 is 1.15 bits per heavy atom. The number of carbonyl (C=O) groups is 1. The van der Waals surface area contributed by atoms with E-state index < -0.39 is 0 Å². The summed E-state index contributed by atoms with van der Waals surface area (Å²) in [6, 6.07) is 12.0. The second-order valence-corrected chi connectivity index (χ2v) is 5.88. The molecule has 1 heterocycles. The molecule has 1 aliphatic heterocycles. The predicted molar refractivity (Wildman–Crippen MR) is 85.7 cm³/mol. The Balaban J connectivity index is 2.19. The van der Waals surface area contributed by atoms with Crippen molar-refractivity contribution in [1.29, 1.82) is 0 Å². The van der Waals surface area contributed by atoms with Gasteiger partial charge in [0.1, 0.15) is 0 Å². The summed E-state index contributed by atoms with van der Waals surface area (Å²) in [7, 11) is 0. The summed E-state index contributed by atoms with van der Waals surface area (Å²) in [5.74, 6) is 0.0634. The number of anilines is 3. The average molecular weight is 331 g/mol. The fourth-order valence-electron chi connectivity index (χ4n) is 2.47. The Kier molecular flexibility index (Phi) is 3.26. The predicted octanol–water partition coefficient (Wildman–Crippen LogP) is 4.16. The highest BCUT2D eigenvalue weighted by atomic mass is 79.9. The van der Waals surface area contributed by atoms with Gasteiger partial charge in [0.25, 0.3) is 5.91 Å². The lowest BCUT2D eigenvalue weighted by Gasteiger charge is -2.31. The van der Waals surface area contributed by atoms with Crippen LogP contribution < -0.4 is 10.2 Å². The standard InChI is InChI=1S/C16H15BrN2O/c1-10-4-3-5-14(11(10)2)19-15-7-6-12(17)8-13(15)18-9-16(19)20/h3-8,18H,9H2,1-2H3. The van der Waals surface area contributed by atoms with Gasteiger partial charge in [-0.05, 0) is 49.2 Å². The molecule has 0 fully saturated rings. The number of fused-ring (bicyclic) bond motifs is 1. The molecule has 0 atom stereocenters. The smallest absolute Gasteiger partial charge is 0.250 e. The number of hydrogen-bond donors (Lipinski definition) is 1. The zero-order valence-electron chi connectivity index (χ0n) is 11.4. The molecule has 0 bridgehead atoms. The van der Waals surface area contributed by atoms with Crippen molar-refractivity contribution in [1.82, 2.24) is 0 Å². The van der Waals surface area contributed by atoms with Crippen LogP contribution in [0.5, 0.6) is 0 Å². The van der Waals surface area contributed by atoms with Gasteiger partial charge < -0.3 is 5.32 Å². The molecule has 0 saturated carbocycles. The molecule has 102 valence electrons. The van der Waals surface area contributed by atoms with Gasteiger partial charge in [-0.3, -0.25) is 9.69 Å². The molecule has 0 aromatic heterocycles. The topological polar surface area (TPSA) is 32.3 Å². The van der Waals surface area contributed by atoms with Crippen LogP contribution >= 0.6 is 15.9 Å². The van der Waals surface area contributed by atoms with Crippen LogP contribution in [0, 0.1) is 13.8 Å². The monoisotopic (exact) mass is 330 g/mol. The second kappa shape index (κ2) is 4.94. The van der Waals surface area contributed by atoms with Gasteiger partial charge in [0.2, 0.25) is 0 Å². The summed E-state index contributed by atoms with van der Waals surface area (Å²) in [6.07, 6.45) is 0. The molecule has 1 N–H and O–H groups in total. The summed E-state index contributed by atoms with van der Waals surface area (Å²) >= 11 is 3.46. The van der Waals surface area contributed by atoms with E-state index in [0.29, 0.717) is 6.54 Å². The van der Waals surface area contributed by atoms with Gasteiger partial charge in [-0.25, -0.2) is 0 Å². The average Bonchev–Trinajstić information content (AvgIpc) is 2.43. The maximum Gasteiger partial charge on any atom is 0.250 e. The first kappa shape index (κ1) is 13.2. The minimum absolute atomic E-state index is 0.0634. The molecule has 3 rings (SSSR count). The van der Waals surface area contributed by atoms with E-state index in [-0.39, 0.29) is 5.91 Å². The van der Waals surface area contributed by atoms with Crippen molar-refractivity contribution >= 4 is 38.9 Å². The van der Waals surface area contributed by atoms with Crippen molar-refractivity contribution < 1.29 is 4.79 Å². The minimum atomic E-state index is 0.0634. The quantitative estimate of drug-likeness (QED) is 0.851. The summed E-state index contributed by atoms with van der Waals surface area (Å²) in [5.41, 5.74) is 5.15. The third-order valence-corrected chi connectivity index (χ3v) is 4.19. The number of carbonyl (C=O) groups excluding carboxylic acids is 1. The highest BCUT2D eigenvalue weighted by molar-refractivity contribution is 9.10. The number of rotatable bonds is 1. The van der Waals surface area contributed by atoms with Crippen molar-refractivity contribution in [2.45, 2.75) is 13.8 Å². The highest BCUT2D eigenvalue weighted by Gasteiger charge is 2.26. The van der Waals surface area contributed by atoms with Crippen LogP contribution in [0.4, 0.5) is 17.1 Å². The molecule has 1 aliphatic rings. The van der Waals surface area contributed by atoms with Crippen LogP contribution in [0.15, 0.2) is 40.9 Å². The molecule has 20 heavy (non-hydrogen) atoms. The lowest BCUT2D eigenvalue weighted by molar-refractivity contribution is -0.116. The first-order valence-corrected chi connectivity index (χ1v) is 7.30. The van der Waals surface area contributed by atoms with Crippen LogP contribution in [0.2, 0.25) is 0 Å². The lowest BCUT2D eigenvalue weighted by atomic mass is 10.1. The Bertz CT molecular complexity index is 697. The molecule has 1 amide bonds. The molecule has 0 saturated heterocycles. The van der Waals surface area contributed by atoms with E-state index in [1.807, 2.05) is 30.3 Å². The van der Waals surface area contributed by atoms with Gasteiger partial charge in [0.15, 0.2) is 0 Å². The Hall–Kier alpha value is -1.81. The molecule has 0 radical (unpaired) electrons. The minimum Gasteiger partial charge on any atom is -0.374 e. The van der Waals surface area contributed by atoms with Crippen molar-refractivity contribution in [2.75, 3.05) is 16.8 Å². The van der Waals surface area contributed by atoms with Crippen molar-refractivity contribution in [3.63, 3.8) is 0 Å². The normalized spacial score (nSPS) is 13.9. The Morgan fingerprint density at radius 2 is 1.95 bits per heavy atom. The molecule has 4 heteroatoms. The number of benzene rings is 2. The van der Waals surface area contributed by atoms with Gasteiger partial charge in [-0.1, -0.05) is 28.1 Å². The molecule has 3 nitrogen and oxygen atoms in total. The number of nitrogens with zero attached hydrogens (tertiary/aromatic N) is 1. The van der Waals surface area contributed by atoms with E-state index in [4.69, 9.17) is 0 Å². The van der Waals surface area contributed by atoms with Gasteiger partial charge in [0.05, 0.1) is 23.6 Å². The van der Waals surface area contributed by atoms with Crippen LogP contribution in [-0.2, 0) is 4.79 Å². The Morgan fingerprint density at radius 3 is 2.75 bits per heavy atom. The van der Waals surface area contributed by atoms with Crippen molar-refractivity contribution in [2.24, 2.45) is 0 Å². The first-order valence-electron chi connectivity index (χ1n) is 6.50. The van der Waals surface area contributed by atoms with E-state index >= 15 is 0 Å². The van der Waals surface area contributed by atoms with Gasteiger partial charge in [-0.15, -0.1) is 0 Å². The van der Waals surface area contributed by atoms with Crippen LogP contribution in [0.25, 0.3) is 0 Å². The third kappa shape index (κ3) is 2.10. The fourth-order valence-corrected chi connectivity index (χ4v) is 2.83. The van der Waals surface area contributed by atoms with Gasteiger partial charge in [0, 0.05) is 4.47 Å². The highest BCUT2D eigenvalue weighted by Crippen LogP contribution is 2.38. The lowest BCUT2D eigenvalue weighted by Crippen LogP contribution is -2.36. The number of amides is 1. The third-order valence-electron chi connectivity index (χ3n) is 3.70. The van der Waals surface area contributed by atoms with Crippen LogP contribution in [-0.4, -0.2) is 12.5 Å². The second-order valence-electron chi connectivity index (χ2n) is 4.96. The molecule has 0 unspecified atom stereocenters. The summed E-state index contributed by atoms with van der Waals surface area (Å²) < 4.78 is 0.999. The van der Waals surface area contributed by atoms with Crippen LogP contribution in [0.1, 0.15) is 11.1 Å². The van der Waals surface area contributed by atoms with Crippen LogP contribution in [0.3, 0.4) is 0 Å². The molecule has 2 aromatic rings. The van der Waals surface area contributed by atoms with Gasteiger partial charge >= 0.3 is 0 Å². The van der Waals surface area contributed by atoms with E-state index in [1.165, 1.54) is 5.56 Å². The Labute approximate surface area is 126 Å². The molecule has 0 spiro atoms. The zero-order chi connectivity index (χ0) is 14.3. The number of halogens is 1. The van der Waals surface area contributed by atoms with Crippen molar-refractivity contribution in [3.05, 3.63) is 52.0 Å². The zero-order valence-corrected chi connectivity index (χ0v) is 13.0. The number of aryl methyl sites for hydroxylation is 1. The SMILES string of the molecule is Cc1cccc(N2C(=O)CNc3cc(Br)ccc32)c1C. The molecular weight excluding hydrogens is 316 g/mol. The summed E-state index contributed by atoms with van der Waals surface area (Å²) in [4.78, 5) is 14.2. The first-order chi connectivity index (χ1) is 9.58. The summed E-state index contributed by atoms with van der Waals surface area (Å²) in [6.45, 7) is 4.43. The molecule has 0 aliphatic carbocycles. The summed E-state index contributed by atoms with van der Waals surface area (Å²) in [5, 5.41) is 3.17. The van der Waals surface area contributed by atoms with Crippen molar-refractivity contribution in [3.8, 4) is 0 Å². The number of nitrogens with one attached hydrogen (secondary N) is 1. The van der Waals surface area contributed by atoms with E-state index in [9.17, 15) is 4.79 Å². The van der Waals surface area contributed by atoms with E-state index in [0.717, 1.165) is 27.1 Å². The number of hydrogen-bond acceptors (Lipinski definition) is 2. The maximum atomic E-state index is 12.4. The maximum absolute atomic E-state index is 12.4. The molecular formula is C16H15BrN2O. The van der Waals surface area contributed by atoms with Gasteiger partial charge in [-0.2, -0.15) is 0 Å². The molecule has 2 aromatic carbocycles. The van der Waals surface area contributed by atoms with E-state index in [1.54, 1.807) is 4.90 Å². The van der Waals surface area contributed by atoms with E-state index in [2.05, 4.69) is 41.2 Å².